The lowest BCUT2D eigenvalue weighted by Crippen LogP contribution is -2.58. The SMILES string of the molecule is CCOC(=O)[C@@H]1CN(Cc2ccccc2)C2(COC2)C1. The van der Waals surface area contributed by atoms with Crippen molar-refractivity contribution >= 4 is 5.97 Å². The van der Waals surface area contributed by atoms with Gasteiger partial charge in [0.05, 0.1) is 31.3 Å². The van der Waals surface area contributed by atoms with Gasteiger partial charge in [-0.05, 0) is 18.9 Å². The smallest absolute Gasteiger partial charge is 0.310 e. The number of hydrogen-bond donors (Lipinski definition) is 0. The predicted molar refractivity (Wildman–Crippen MR) is 75.1 cm³/mol. The molecule has 0 unspecified atom stereocenters. The zero-order chi connectivity index (χ0) is 14.0. The van der Waals surface area contributed by atoms with E-state index in [4.69, 9.17) is 9.47 Å². The number of hydrogen-bond acceptors (Lipinski definition) is 4. The van der Waals surface area contributed by atoms with Gasteiger partial charge in [-0.15, -0.1) is 0 Å². The van der Waals surface area contributed by atoms with E-state index in [-0.39, 0.29) is 17.4 Å². The molecule has 0 amide bonds. The average Bonchev–Trinajstić information content (AvgIpc) is 2.80. The first-order chi connectivity index (χ1) is 9.73. The molecule has 0 aromatic heterocycles. The molecule has 2 saturated heterocycles. The van der Waals surface area contributed by atoms with Crippen LogP contribution in [-0.2, 0) is 20.8 Å². The van der Waals surface area contributed by atoms with Crippen LogP contribution in [0.3, 0.4) is 0 Å². The zero-order valence-corrected chi connectivity index (χ0v) is 11.9. The number of esters is 1. The maximum absolute atomic E-state index is 12.0. The Bertz CT molecular complexity index is 470. The van der Waals surface area contributed by atoms with Crippen LogP contribution in [0, 0.1) is 5.92 Å². The van der Waals surface area contributed by atoms with E-state index in [1.54, 1.807) is 0 Å². The maximum atomic E-state index is 12.0. The summed E-state index contributed by atoms with van der Waals surface area (Å²) in [6, 6.07) is 10.4. The number of benzene rings is 1. The van der Waals surface area contributed by atoms with Crippen LogP contribution in [-0.4, -0.2) is 42.8 Å². The van der Waals surface area contributed by atoms with Gasteiger partial charge < -0.3 is 9.47 Å². The number of likely N-dealkylation sites (tertiary alicyclic amines) is 1. The van der Waals surface area contributed by atoms with Crippen LogP contribution >= 0.6 is 0 Å². The van der Waals surface area contributed by atoms with Gasteiger partial charge in [-0.25, -0.2) is 0 Å². The van der Waals surface area contributed by atoms with Crippen LogP contribution in [0.4, 0.5) is 0 Å². The first-order valence-corrected chi connectivity index (χ1v) is 7.27. The summed E-state index contributed by atoms with van der Waals surface area (Å²) in [6.45, 7) is 5.43. The van der Waals surface area contributed by atoms with Gasteiger partial charge in [0.2, 0.25) is 0 Å². The van der Waals surface area contributed by atoms with Gasteiger partial charge in [0.1, 0.15) is 0 Å². The highest BCUT2D eigenvalue weighted by atomic mass is 16.5. The van der Waals surface area contributed by atoms with Gasteiger partial charge >= 0.3 is 5.97 Å². The number of nitrogens with zero attached hydrogens (tertiary/aromatic N) is 1. The van der Waals surface area contributed by atoms with Crippen molar-refractivity contribution < 1.29 is 14.3 Å². The Morgan fingerprint density at radius 3 is 2.75 bits per heavy atom. The van der Waals surface area contributed by atoms with E-state index in [9.17, 15) is 4.79 Å². The molecule has 0 bridgehead atoms. The molecule has 20 heavy (non-hydrogen) atoms. The lowest BCUT2D eigenvalue weighted by atomic mass is 9.90. The molecule has 1 aromatic carbocycles. The Morgan fingerprint density at radius 1 is 1.40 bits per heavy atom. The van der Waals surface area contributed by atoms with Crippen molar-refractivity contribution in [2.45, 2.75) is 25.4 Å². The molecule has 2 aliphatic heterocycles. The lowest BCUT2D eigenvalue weighted by molar-refractivity contribution is -0.148. The van der Waals surface area contributed by atoms with E-state index in [1.165, 1.54) is 5.56 Å². The quantitative estimate of drug-likeness (QED) is 0.786. The van der Waals surface area contributed by atoms with Crippen molar-refractivity contribution in [3.8, 4) is 0 Å². The third kappa shape index (κ3) is 2.45. The highest BCUT2D eigenvalue weighted by Crippen LogP contribution is 2.40. The van der Waals surface area contributed by atoms with Crippen LogP contribution in [0.15, 0.2) is 30.3 Å². The second kappa shape index (κ2) is 5.54. The monoisotopic (exact) mass is 275 g/mol. The molecule has 0 aliphatic carbocycles. The fraction of sp³-hybridized carbons (Fsp3) is 0.562. The van der Waals surface area contributed by atoms with Crippen LogP contribution in [0.1, 0.15) is 18.9 Å². The normalized spacial score (nSPS) is 24.6. The highest BCUT2D eigenvalue weighted by molar-refractivity contribution is 5.73. The van der Waals surface area contributed by atoms with Crippen molar-refractivity contribution in [3.05, 3.63) is 35.9 Å². The fourth-order valence-corrected chi connectivity index (χ4v) is 3.20. The summed E-state index contributed by atoms with van der Waals surface area (Å²) in [5.41, 5.74) is 1.33. The number of carbonyl (C=O) groups is 1. The molecule has 0 saturated carbocycles. The Balaban J connectivity index is 1.71. The van der Waals surface area contributed by atoms with Crippen LogP contribution < -0.4 is 0 Å². The van der Waals surface area contributed by atoms with E-state index in [2.05, 4.69) is 29.2 Å². The van der Waals surface area contributed by atoms with Gasteiger partial charge in [-0.1, -0.05) is 30.3 Å². The first kappa shape index (κ1) is 13.6. The minimum absolute atomic E-state index is 0.0115. The van der Waals surface area contributed by atoms with Gasteiger partial charge in [0.15, 0.2) is 0 Å². The number of carbonyl (C=O) groups excluding carboxylic acids is 1. The minimum Gasteiger partial charge on any atom is -0.466 e. The highest BCUT2D eigenvalue weighted by Gasteiger charge is 2.52. The molecule has 4 heteroatoms. The molecule has 3 rings (SSSR count). The van der Waals surface area contributed by atoms with Crippen molar-refractivity contribution in [1.29, 1.82) is 0 Å². The Hall–Kier alpha value is -1.39. The predicted octanol–water partition coefficient (Wildman–Crippen LogP) is 1.84. The Labute approximate surface area is 119 Å². The van der Waals surface area contributed by atoms with E-state index in [1.807, 2.05) is 13.0 Å². The third-order valence-corrected chi connectivity index (χ3v) is 4.32. The molecule has 108 valence electrons. The first-order valence-electron chi connectivity index (χ1n) is 7.27. The average molecular weight is 275 g/mol. The maximum Gasteiger partial charge on any atom is 0.310 e. The summed E-state index contributed by atoms with van der Waals surface area (Å²) < 4.78 is 10.6. The molecule has 1 spiro atoms. The van der Waals surface area contributed by atoms with Gasteiger partial charge in [-0.3, -0.25) is 9.69 Å². The van der Waals surface area contributed by atoms with Crippen LogP contribution in [0.2, 0.25) is 0 Å². The van der Waals surface area contributed by atoms with Gasteiger partial charge in [0.25, 0.3) is 0 Å². The van der Waals surface area contributed by atoms with Crippen molar-refractivity contribution in [2.75, 3.05) is 26.4 Å². The summed E-state index contributed by atoms with van der Waals surface area (Å²) >= 11 is 0. The largest absolute Gasteiger partial charge is 0.466 e. The van der Waals surface area contributed by atoms with Crippen LogP contribution in [0.5, 0.6) is 0 Å². The fourth-order valence-electron chi connectivity index (χ4n) is 3.20. The van der Waals surface area contributed by atoms with Gasteiger partial charge in [0, 0.05) is 13.1 Å². The van der Waals surface area contributed by atoms with Gasteiger partial charge in [-0.2, -0.15) is 0 Å². The molecular weight excluding hydrogens is 254 g/mol. The number of rotatable bonds is 4. The summed E-state index contributed by atoms with van der Waals surface area (Å²) in [4.78, 5) is 14.4. The topological polar surface area (TPSA) is 38.8 Å². The number of ether oxygens (including phenoxy) is 2. The lowest BCUT2D eigenvalue weighted by Gasteiger charge is -2.45. The molecular formula is C16H21NO3. The second-order valence-electron chi connectivity index (χ2n) is 5.74. The minimum atomic E-state index is -0.0608. The van der Waals surface area contributed by atoms with Crippen molar-refractivity contribution in [1.82, 2.24) is 4.90 Å². The molecule has 2 aliphatic rings. The molecule has 1 atom stereocenters. The van der Waals surface area contributed by atoms with E-state index < -0.39 is 0 Å². The molecule has 2 fully saturated rings. The van der Waals surface area contributed by atoms with Crippen LogP contribution in [0.25, 0.3) is 0 Å². The van der Waals surface area contributed by atoms with E-state index >= 15 is 0 Å². The summed E-state index contributed by atoms with van der Waals surface area (Å²) in [5.74, 6) is -0.0723. The second-order valence-corrected chi connectivity index (χ2v) is 5.74. The summed E-state index contributed by atoms with van der Waals surface area (Å²) in [6.07, 6.45) is 0.860. The molecule has 4 nitrogen and oxygen atoms in total. The molecule has 0 radical (unpaired) electrons. The molecule has 2 heterocycles. The van der Waals surface area contributed by atoms with E-state index in [0.29, 0.717) is 6.61 Å². The Morgan fingerprint density at radius 2 is 2.15 bits per heavy atom. The molecule has 0 N–H and O–H groups in total. The van der Waals surface area contributed by atoms with E-state index in [0.717, 1.165) is 32.7 Å². The Kier molecular flexibility index (Phi) is 3.76. The summed E-state index contributed by atoms with van der Waals surface area (Å²) in [7, 11) is 0. The molecule has 1 aromatic rings. The standard InChI is InChI=1S/C16H21NO3/c1-2-20-15(18)14-8-16(11-19-12-16)17(10-14)9-13-6-4-3-5-7-13/h3-7,14H,2,8-12H2,1H3/t14-/m0/s1. The zero-order valence-electron chi connectivity index (χ0n) is 11.9. The third-order valence-electron chi connectivity index (χ3n) is 4.32. The van der Waals surface area contributed by atoms with Crippen molar-refractivity contribution in [3.63, 3.8) is 0 Å². The van der Waals surface area contributed by atoms with Crippen molar-refractivity contribution in [2.24, 2.45) is 5.92 Å². The summed E-state index contributed by atoms with van der Waals surface area (Å²) in [5, 5.41) is 0.